The van der Waals surface area contributed by atoms with Crippen molar-refractivity contribution in [2.24, 2.45) is 0 Å². The molecule has 0 heterocycles. The van der Waals surface area contributed by atoms with Crippen LogP contribution in [0, 0.1) is 0 Å². The molecule has 0 aromatic carbocycles. The number of hydrogen-bond acceptors (Lipinski definition) is 8. The fourth-order valence-electron chi connectivity index (χ4n) is 9.93. The summed E-state index contributed by atoms with van der Waals surface area (Å²) in [5.74, 6) is -2.30. The van der Waals surface area contributed by atoms with Crippen LogP contribution in [0.4, 0.5) is 0 Å². The van der Waals surface area contributed by atoms with Gasteiger partial charge in [0.2, 0.25) is 0 Å². The second-order valence-corrected chi connectivity index (χ2v) is 24.8. The van der Waals surface area contributed by atoms with Crippen molar-refractivity contribution in [2.75, 3.05) is 47.5 Å². The van der Waals surface area contributed by atoms with E-state index in [0.29, 0.717) is 17.4 Å². The van der Waals surface area contributed by atoms with E-state index in [1.165, 1.54) is 180 Å². The second kappa shape index (κ2) is 66.2. The SMILES string of the molecule is CC/C=C\C/C=C\C/C=C\C/C=C\C/C=C\CCCCCCCC(=O)OC(COC(=O)CCCCCCCCCCCCCCCCCCCCCCCCCC/C=C\C/C=C\C/C=C\CCCCCCC)COC(OCC[N+](C)(C)C)C(=O)[O-]. The van der Waals surface area contributed by atoms with Crippen LogP contribution in [-0.4, -0.2) is 82.3 Å². The highest BCUT2D eigenvalue weighted by molar-refractivity contribution is 5.70. The topological polar surface area (TPSA) is 111 Å². The first-order valence-corrected chi connectivity index (χ1v) is 35.4. The van der Waals surface area contributed by atoms with E-state index in [9.17, 15) is 19.5 Å². The zero-order chi connectivity index (χ0) is 61.9. The van der Waals surface area contributed by atoms with Crippen molar-refractivity contribution in [3.8, 4) is 0 Å². The Morgan fingerprint density at radius 3 is 1.00 bits per heavy atom. The number of quaternary nitrogens is 1. The molecule has 0 saturated heterocycles. The number of rotatable bonds is 65. The average Bonchev–Trinajstić information content (AvgIpc) is 3.48. The highest BCUT2D eigenvalue weighted by Gasteiger charge is 2.22. The molecule has 490 valence electrons. The molecule has 0 saturated carbocycles. The molecule has 0 rings (SSSR count). The summed E-state index contributed by atoms with van der Waals surface area (Å²) in [5.41, 5.74) is 0. The summed E-state index contributed by atoms with van der Waals surface area (Å²) in [7, 11) is 5.92. The third kappa shape index (κ3) is 67.6. The Hall–Kier alpha value is -3.79. The van der Waals surface area contributed by atoms with Crippen molar-refractivity contribution in [2.45, 2.75) is 322 Å². The third-order valence-electron chi connectivity index (χ3n) is 15.3. The lowest BCUT2D eigenvalue weighted by atomic mass is 10.0. The van der Waals surface area contributed by atoms with Crippen LogP contribution in [0.1, 0.15) is 309 Å². The van der Waals surface area contributed by atoms with Crippen molar-refractivity contribution in [1.82, 2.24) is 0 Å². The standard InChI is InChI=1S/C76H133NO8/c1-6-8-10-12-14-16-18-20-22-24-26-28-29-30-31-32-33-34-35-36-37-38-39-40-41-42-43-44-45-47-48-50-52-54-56-58-60-62-64-66-73(78)83-70-72(71-84-76(75(80)81)82-69-68-77(3,4)5)85-74(79)67-65-63-61-59-57-55-53-51-49-46-27-25-23-21-19-17-15-13-11-9-7-2/h9,11,15,17-18,20-21,23-24,26-27,29-30,46,51,53,72,76H,6-8,10,12-14,16,19,22,25,28,31-45,47-50,52,54-71H2,1-5H3/b11-9-,17-15-,20-18-,23-21-,26-24-,30-29-,46-27-,53-51-. The molecule has 0 amide bonds. The van der Waals surface area contributed by atoms with Gasteiger partial charge in [0.1, 0.15) is 13.2 Å². The van der Waals surface area contributed by atoms with E-state index in [1.54, 1.807) is 0 Å². The lowest BCUT2D eigenvalue weighted by Crippen LogP contribution is -2.44. The molecule has 0 aliphatic rings. The van der Waals surface area contributed by atoms with Crippen LogP contribution in [0.15, 0.2) is 97.2 Å². The van der Waals surface area contributed by atoms with Gasteiger partial charge in [0.25, 0.3) is 0 Å². The summed E-state index contributed by atoms with van der Waals surface area (Å²) in [6, 6.07) is 0. The van der Waals surface area contributed by atoms with Crippen LogP contribution < -0.4 is 5.11 Å². The molecule has 0 fully saturated rings. The van der Waals surface area contributed by atoms with Gasteiger partial charge >= 0.3 is 11.9 Å². The Bertz CT molecular complexity index is 1720. The predicted molar refractivity (Wildman–Crippen MR) is 361 cm³/mol. The lowest BCUT2D eigenvalue weighted by molar-refractivity contribution is -0.870. The van der Waals surface area contributed by atoms with Crippen LogP contribution in [0.25, 0.3) is 0 Å². The van der Waals surface area contributed by atoms with Gasteiger partial charge in [0.05, 0.1) is 40.3 Å². The monoisotopic (exact) mass is 1190 g/mol. The number of carboxylic acids is 1. The maximum Gasteiger partial charge on any atom is 0.306 e. The number of carbonyl (C=O) groups is 3. The van der Waals surface area contributed by atoms with Crippen LogP contribution in [-0.2, 0) is 33.3 Å². The van der Waals surface area contributed by atoms with Crippen molar-refractivity contribution in [3.63, 3.8) is 0 Å². The summed E-state index contributed by atoms with van der Waals surface area (Å²) in [6.45, 7) is 4.62. The molecule has 0 aromatic heterocycles. The maximum absolute atomic E-state index is 12.9. The zero-order valence-electron chi connectivity index (χ0n) is 56.0. The number of ether oxygens (including phenoxy) is 4. The van der Waals surface area contributed by atoms with E-state index in [4.69, 9.17) is 18.9 Å². The van der Waals surface area contributed by atoms with Gasteiger partial charge in [-0.25, -0.2) is 0 Å². The Morgan fingerprint density at radius 2 is 0.671 bits per heavy atom. The van der Waals surface area contributed by atoms with Crippen LogP contribution in [0.5, 0.6) is 0 Å². The summed E-state index contributed by atoms with van der Waals surface area (Å²) in [4.78, 5) is 37.4. The molecule has 0 aromatic rings. The first-order valence-electron chi connectivity index (χ1n) is 35.4. The van der Waals surface area contributed by atoms with Crippen molar-refractivity contribution < 1.29 is 42.9 Å². The maximum atomic E-state index is 12.9. The molecular formula is C76H133NO8. The second-order valence-electron chi connectivity index (χ2n) is 24.8. The fraction of sp³-hybridized carbons (Fsp3) is 0.750. The van der Waals surface area contributed by atoms with Crippen molar-refractivity contribution in [3.05, 3.63) is 97.2 Å². The van der Waals surface area contributed by atoms with Crippen molar-refractivity contribution >= 4 is 17.9 Å². The number of carbonyl (C=O) groups excluding carboxylic acids is 3. The Morgan fingerprint density at radius 1 is 0.365 bits per heavy atom. The third-order valence-corrected chi connectivity index (χ3v) is 15.3. The summed E-state index contributed by atoms with van der Waals surface area (Å²) in [5, 5.41) is 11.8. The normalized spacial score (nSPS) is 13.3. The minimum Gasteiger partial charge on any atom is -0.545 e. The van der Waals surface area contributed by atoms with Crippen LogP contribution >= 0.6 is 0 Å². The van der Waals surface area contributed by atoms with E-state index in [2.05, 4.69) is 111 Å². The Balaban J connectivity index is 4.02. The molecule has 0 N–H and O–H groups in total. The number of carboxylic acid groups (broad SMARTS) is 1. The number of allylic oxidation sites excluding steroid dienone is 16. The number of nitrogens with zero attached hydrogens (tertiary/aromatic N) is 1. The number of aliphatic carboxylic acids is 1. The quantitative estimate of drug-likeness (QED) is 0.0195. The van der Waals surface area contributed by atoms with Crippen LogP contribution in [0.2, 0.25) is 0 Å². The molecule has 85 heavy (non-hydrogen) atoms. The van der Waals surface area contributed by atoms with E-state index in [0.717, 1.165) is 96.3 Å². The Kier molecular flexibility index (Phi) is 63.2. The number of likely N-dealkylation sites (N-methyl/N-ethyl adjacent to an activating group) is 1. The molecule has 9 nitrogen and oxygen atoms in total. The van der Waals surface area contributed by atoms with Gasteiger partial charge in [-0.05, 0) is 96.3 Å². The van der Waals surface area contributed by atoms with E-state index in [1.807, 2.05) is 21.1 Å². The molecular weight excluding hydrogens is 1050 g/mol. The van der Waals surface area contributed by atoms with Gasteiger partial charge in [0, 0.05) is 12.8 Å². The lowest BCUT2D eigenvalue weighted by Gasteiger charge is -2.26. The van der Waals surface area contributed by atoms with Gasteiger partial charge in [-0.15, -0.1) is 0 Å². The predicted octanol–water partition coefficient (Wildman–Crippen LogP) is 20.7. The van der Waals surface area contributed by atoms with Gasteiger partial charge in [0.15, 0.2) is 12.4 Å². The molecule has 0 spiro atoms. The molecule has 2 atom stereocenters. The van der Waals surface area contributed by atoms with E-state index < -0.39 is 24.3 Å². The molecule has 2 unspecified atom stereocenters. The fourth-order valence-corrected chi connectivity index (χ4v) is 9.93. The Labute approximate surface area is 524 Å². The number of esters is 2. The molecule has 0 bridgehead atoms. The highest BCUT2D eigenvalue weighted by Crippen LogP contribution is 2.18. The summed E-state index contributed by atoms with van der Waals surface area (Å²) >= 11 is 0. The van der Waals surface area contributed by atoms with E-state index in [-0.39, 0.29) is 38.6 Å². The van der Waals surface area contributed by atoms with Gasteiger partial charge in [-0.2, -0.15) is 0 Å². The van der Waals surface area contributed by atoms with Crippen molar-refractivity contribution in [1.29, 1.82) is 0 Å². The number of hydrogen-bond donors (Lipinski definition) is 0. The summed E-state index contributed by atoms with van der Waals surface area (Å²) < 4.78 is 22.8. The van der Waals surface area contributed by atoms with Gasteiger partial charge < -0.3 is 33.3 Å². The highest BCUT2D eigenvalue weighted by atomic mass is 16.7. The van der Waals surface area contributed by atoms with Gasteiger partial charge in [-0.1, -0.05) is 297 Å². The smallest absolute Gasteiger partial charge is 0.306 e. The first kappa shape index (κ1) is 81.2. The molecule has 9 heteroatoms. The largest absolute Gasteiger partial charge is 0.545 e. The minimum absolute atomic E-state index is 0.141. The number of unbranched alkanes of at least 4 members (excludes halogenated alkanes) is 34. The van der Waals surface area contributed by atoms with Crippen LogP contribution in [0.3, 0.4) is 0 Å². The molecule has 0 aliphatic heterocycles. The zero-order valence-corrected chi connectivity index (χ0v) is 56.0. The van der Waals surface area contributed by atoms with E-state index >= 15 is 0 Å². The molecule has 0 radical (unpaired) electrons. The average molecular weight is 1190 g/mol. The molecule has 0 aliphatic carbocycles. The minimum atomic E-state index is -1.63. The first-order chi connectivity index (χ1) is 41.6. The van der Waals surface area contributed by atoms with Gasteiger partial charge in [-0.3, -0.25) is 9.59 Å². The summed E-state index contributed by atoms with van der Waals surface area (Å²) in [6.07, 6.45) is 87.9.